The molecule has 0 saturated heterocycles. The van der Waals surface area contributed by atoms with E-state index in [4.69, 9.17) is 28.4 Å². The van der Waals surface area contributed by atoms with Crippen molar-refractivity contribution in [2.45, 2.75) is 156 Å². The molecule has 0 aliphatic carbocycles. The number of carbonyl (C=O) groups excluding carboxylic acids is 4. The molecule has 0 aliphatic rings. The van der Waals surface area contributed by atoms with Gasteiger partial charge in [0.25, 0.3) is 0 Å². The Hall–Kier alpha value is -3.73. The Morgan fingerprint density at radius 2 is 0.981 bits per heavy atom. The minimum absolute atomic E-state index is 0.0842. The van der Waals surface area contributed by atoms with E-state index in [1.807, 2.05) is 73.6 Å². The third-order valence-corrected chi connectivity index (χ3v) is 8.41. The second-order valence-electron chi connectivity index (χ2n) is 17.5. The van der Waals surface area contributed by atoms with Crippen LogP contribution in [0.15, 0.2) is 24.3 Å². The standard InChI is InChI=1S/C42H62O10S/c1-26-21-33(49-37(45)51-41(9,10)11)31(39(3,4)5)23-28(26)15-17-35(43)47-20-19-30(53)25-48-36(44)18-16-29-24-32(40(6,7)8)34(22-27(29)2)50-38(46)52-42(12,13)14/h21-24,30,53H,15-20,25H2,1-14H3. The zero-order valence-electron chi connectivity index (χ0n) is 34.4. The molecule has 10 nitrogen and oxygen atoms in total. The van der Waals surface area contributed by atoms with Gasteiger partial charge in [0.2, 0.25) is 0 Å². The van der Waals surface area contributed by atoms with Crippen LogP contribution in [0.3, 0.4) is 0 Å². The molecular formula is C42H62O10S. The zero-order valence-corrected chi connectivity index (χ0v) is 35.3. The summed E-state index contributed by atoms with van der Waals surface area (Å²) < 4.78 is 32.8. The first-order chi connectivity index (χ1) is 24.1. The molecule has 0 heterocycles. The maximum absolute atomic E-state index is 12.6. The van der Waals surface area contributed by atoms with Crippen molar-refractivity contribution in [2.24, 2.45) is 0 Å². The zero-order chi connectivity index (χ0) is 40.5. The van der Waals surface area contributed by atoms with Gasteiger partial charge in [-0.3, -0.25) is 9.59 Å². The van der Waals surface area contributed by atoms with Crippen molar-refractivity contribution in [2.75, 3.05) is 13.2 Å². The van der Waals surface area contributed by atoms with Crippen molar-refractivity contribution in [1.29, 1.82) is 0 Å². The monoisotopic (exact) mass is 758 g/mol. The van der Waals surface area contributed by atoms with Crippen molar-refractivity contribution in [1.82, 2.24) is 0 Å². The highest BCUT2D eigenvalue weighted by Crippen LogP contribution is 2.36. The van der Waals surface area contributed by atoms with Gasteiger partial charge in [0.15, 0.2) is 0 Å². The van der Waals surface area contributed by atoms with Gasteiger partial charge in [-0.15, -0.1) is 0 Å². The highest BCUT2D eigenvalue weighted by atomic mass is 32.1. The van der Waals surface area contributed by atoms with Crippen LogP contribution in [-0.2, 0) is 52.2 Å². The number of ether oxygens (including phenoxy) is 6. The molecule has 0 bridgehead atoms. The predicted molar refractivity (Wildman–Crippen MR) is 209 cm³/mol. The maximum atomic E-state index is 12.6. The number of thiol groups is 1. The van der Waals surface area contributed by atoms with Crippen LogP contribution in [0.4, 0.5) is 9.59 Å². The van der Waals surface area contributed by atoms with E-state index in [1.54, 1.807) is 47.6 Å². The lowest BCUT2D eigenvalue weighted by Gasteiger charge is -2.25. The molecule has 1 atom stereocenters. The maximum Gasteiger partial charge on any atom is 0.514 e. The van der Waals surface area contributed by atoms with E-state index in [0.29, 0.717) is 30.8 Å². The van der Waals surface area contributed by atoms with Crippen LogP contribution in [-0.4, -0.2) is 53.9 Å². The summed E-state index contributed by atoms with van der Waals surface area (Å²) >= 11 is 4.52. The first kappa shape index (κ1) is 45.4. The molecule has 0 aliphatic heterocycles. The Balaban J connectivity index is 1.87. The molecule has 2 aromatic rings. The van der Waals surface area contributed by atoms with Crippen molar-refractivity contribution in [3.8, 4) is 11.5 Å². The van der Waals surface area contributed by atoms with E-state index in [1.165, 1.54) is 0 Å². The lowest BCUT2D eigenvalue weighted by atomic mass is 9.84. The number of esters is 2. The van der Waals surface area contributed by atoms with Crippen molar-refractivity contribution < 1.29 is 47.6 Å². The van der Waals surface area contributed by atoms with Gasteiger partial charge in [-0.25, -0.2) is 9.59 Å². The second kappa shape index (κ2) is 18.5. The molecule has 0 aromatic heterocycles. The molecule has 0 saturated carbocycles. The summed E-state index contributed by atoms with van der Waals surface area (Å²) in [7, 11) is 0. The second-order valence-corrected chi connectivity index (χ2v) is 18.3. The lowest BCUT2D eigenvalue weighted by Crippen LogP contribution is -2.27. The fourth-order valence-electron chi connectivity index (χ4n) is 5.25. The molecule has 0 amide bonds. The molecule has 53 heavy (non-hydrogen) atoms. The fraction of sp³-hybridized carbons (Fsp3) is 0.619. The molecule has 296 valence electrons. The average Bonchev–Trinajstić information content (AvgIpc) is 2.95. The minimum atomic E-state index is -0.768. The molecule has 0 radical (unpaired) electrons. The number of aryl methyl sites for hydroxylation is 4. The summed E-state index contributed by atoms with van der Waals surface area (Å²) in [5, 5.41) is -0.306. The van der Waals surface area contributed by atoms with Crippen LogP contribution >= 0.6 is 12.6 Å². The van der Waals surface area contributed by atoms with E-state index >= 15 is 0 Å². The highest BCUT2D eigenvalue weighted by Gasteiger charge is 2.27. The number of hydrogen-bond donors (Lipinski definition) is 1. The average molecular weight is 759 g/mol. The van der Waals surface area contributed by atoms with Gasteiger partial charge in [0.1, 0.15) is 29.3 Å². The van der Waals surface area contributed by atoms with Gasteiger partial charge >= 0.3 is 24.2 Å². The van der Waals surface area contributed by atoms with Crippen molar-refractivity contribution in [3.05, 3.63) is 57.6 Å². The normalized spacial score (nSPS) is 12.8. The summed E-state index contributed by atoms with van der Waals surface area (Å²) in [4.78, 5) is 50.0. The molecular weight excluding hydrogens is 697 g/mol. The largest absolute Gasteiger partial charge is 0.514 e. The molecule has 1 unspecified atom stereocenters. The predicted octanol–water partition coefficient (Wildman–Crippen LogP) is 9.87. The van der Waals surface area contributed by atoms with Gasteiger partial charge in [-0.1, -0.05) is 53.7 Å². The van der Waals surface area contributed by atoms with Gasteiger partial charge in [-0.05, 0) is 120 Å². The first-order valence-electron chi connectivity index (χ1n) is 18.2. The Bertz CT molecular complexity index is 1600. The Morgan fingerprint density at radius 3 is 1.34 bits per heavy atom. The molecule has 0 N–H and O–H groups in total. The topological polar surface area (TPSA) is 124 Å². The van der Waals surface area contributed by atoms with Gasteiger partial charge in [-0.2, -0.15) is 12.6 Å². The SMILES string of the molecule is Cc1cc(OC(=O)OC(C)(C)C)c(C(C)(C)C)cc1CCC(=O)OCCC(S)COC(=O)CCc1cc(C(C)(C)C)c(OC(=O)OC(C)(C)C)cc1C. The van der Waals surface area contributed by atoms with E-state index in [2.05, 4.69) is 12.6 Å². The lowest BCUT2D eigenvalue weighted by molar-refractivity contribution is -0.146. The first-order valence-corrected chi connectivity index (χ1v) is 18.7. The van der Waals surface area contributed by atoms with Crippen LogP contribution in [0, 0.1) is 13.8 Å². The van der Waals surface area contributed by atoms with Gasteiger partial charge < -0.3 is 28.4 Å². The number of carbonyl (C=O) groups is 4. The van der Waals surface area contributed by atoms with Crippen LogP contribution in [0.1, 0.15) is 136 Å². The Labute approximate surface area is 322 Å². The smallest absolute Gasteiger partial charge is 0.466 e. The van der Waals surface area contributed by atoms with E-state index in [-0.39, 0.29) is 54.1 Å². The third-order valence-electron chi connectivity index (χ3n) is 8.01. The molecule has 2 aromatic carbocycles. The summed E-state index contributed by atoms with van der Waals surface area (Å²) in [6.07, 6.45) is 0.125. The molecule has 0 fully saturated rings. The van der Waals surface area contributed by atoms with Crippen LogP contribution in [0.25, 0.3) is 0 Å². The summed E-state index contributed by atoms with van der Waals surface area (Å²) in [6.45, 7) is 26.9. The van der Waals surface area contributed by atoms with Crippen molar-refractivity contribution in [3.63, 3.8) is 0 Å². The molecule has 0 spiro atoms. The fourth-order valence-corrected chi connectivity index (χ4v) is 5.43. The Morgan fingerprint density at radius 1 is 0.604 bits per heavy atom. The van der Waals surface area contributed by atoms with E-state index < -0.39 is 23.5 Å². The van der Waals surface area contributed by atoms with Crippen LogP contribution in [0.5, 0.6) is 11.5 Å². The van der Waals surface area contributed by atoms with Crippen LogP contribution < -0.4 is 9.47 Å². The number of benzene rings is 2. The highest BCUT2D eigenvalue weighted by molar-refractivity contribution is 7.81. The van der Waals surface area contributed by atoms with Gasteiger partial charge in [0, 0.05) is 29.2 Å². The van der Waals surface area contributed by atoms with Gasteiger partial charge in [0.05, 0.1) is 6.61 Å². The third kappa shape index (κ3) is 16.4. The summed E-state index contributed by atoms with van der Waals surface area (Å²) in [5.41, 5.74) is 3.32. The molecule has 2 rings (SSSR count). The van der Waals surface area contributed by atoms with E-state index in [0.717, 1.165) is 33.4 Å². The molecule has 11 heteroatoms. The summed E-state index contributed by atoms with van der Waals surface area (Å²) in [6, 6.07) is 7.56. The van der Waals surface area contributed by atoms with Crippen LogP contribution in [0.2, 0.25) is 0 Å². The minimum Gasteiger partial charge on any atom is -0.466 e. The van der Waals surface area contributed by atoms with Crippen molar-refractivity contribution >= 4 is 36.9 Å². The quantitative estimate of drug-likeness (QED) is 0.0914. The summed E-state index contributed by atoms with van der Waals surface area (Å²) in [5.74, 6) is 0.154. The Kier molecular flexibility index (Phi) is 15.9. The van der Waals surface area contributed by atoms with E-state index in [9.17, 15) is 19.2 Å². The number of hydrogen-bond acceptors (Lipinski definition) is 11. The number of rotatable bonds is 13.